The summed E-state index contributed by atoms with van der Waals surface area (Å²) in [5.74, 6) is 0. The second-order valence-corrected chi connectivity index (χ2v) is 12.1. The summed E-state index contributed by atoms with van der Waals surface area (Å²) in [4.78, 5) is 4.51. The van der Waals surface area contributed by atoms with Crippen LogP contribution in [0.5, 0.6) is 0 Å². The fraction of sp³-hybridized carbons (Fsp3) is 0.421. The van der Waals surface area contributed by atoms with Crippen LogP contribution in [0.15, 0.2) is 47.5 Å². The quantitative estimate of drug-likeness (QED) is 0.418. The highest BCUT2D eigenvalue weighted by Gasteiger charge is 2.36. The zero-order chi connectivity index (χ0) is 16.2. The summed E-state index contributed by atoms with van der Waals surface area (Å²) in [5, 5.41) is 2.78. The number of aliphatic imine (C=N–C) groups is 1. The van der Waals surface area contributed by atoms with Crippen LogP contribution in [0.2, 0.25) is 18.1 Å². The highest BCUT2D eigenvalue weighted by atomic mass is 28.4. The third-order valence-electron chi connectivity index (χ3n) is 4.50. The van der Waals surface area contributed by atoms with Crippen LogP contribution in [0, 0.1) is 0 Å². The molecule has 0 heterocycles. The number of nitrogens with zero attached hydrogens (tertiary/aromatic N) is 1. The molecular formula is C19H27NOSi. The van der Waals surface area contributed by atoms with Crippen molar-refractivity contribution in [2.75, 3.05) is 13.2 Å². The van der Waals surface area contributed by atoms with Gasteiger partial charge >= 0.3 is 0 Å². The molecule has 0 saturated carbocycles. The average molecular weight is 314 g/mol. The van der Waals surface area contributed by atoms with E-state index < -0.39 is 8.32 Å². The molecule has 3 heteroatoms. The van der Waals surface area contributed by atoms with E-state index in [2.05, 4.69) is 81.3 Å². The van der Waals surface area contributed by atoms with Gasteiger partial charge in [0.2, 0.25) is 0 Å². The van der Waals surface area contributed by atoms with E-state index in [9.17, 15) is 0 Å². The van der Waals surface area contributed by atoms with Gasteiger partial charge in [0.15, 0.2) is 8.32 Å². The zero-order valence-corrected chi connectivity index (χ0v) is 15.4. The van der Waals surface area contributed by atoms with Crippen LogP contribution in [0.25, 0.3) is 10.8 Å². The molecule has 2 aromatic carbocycles. The molecule has 0 aliphatic heterocycles. The molecular weight excluding hydrogens is 286 g/mol. The van der Waals surface area contributed by atoms with Gasteiger partial charge in [0.1, 0.15) is 0 Å². The van der Waals surface area contributed by atoms with Crippen LogP contribution in [-0.4, -0.2) is 27.7 Å². The lowest BCUT2D eigenvalue weighted by Crippen LogP contribution is -2.41. The van der Waals surface area contributed by atoms with Crippen LogP contribution in [0.3, 0.4) is 0 Å². The summed E-state index contributed by atoms with van der Waals surface area (Å²) in [6, 6.07) is 14.8. The van der Waals surface area contributed by atoms with E-state index in [4.69, 9.17) is 4.43 Å². The largest absolute Gasteiger partial charge is 0.415 e. The van der Waals surface area contributed by atoms with Crippen molar-refractivity contribution >= 4 is 25.3 Å². The topological polar surface area (TPSA) is 21.6 Å². The highest BCUT2D eigenvalue weighted by Crippen LogP contribution is 2.36. The molecule has 0 unspecified atom stereocenters. The molecule has 2 rings (SSSR count). The predicted molar refractivity (Wildman–Crippen MR) is 99.6 cm³/mol. The highest BCUT2D eigenvalue weighted by molar-refractivity contribution is 6.74. The Morgan fingerprint density at radius 3 is 2.41 bits per heavy atom. The van der Waals surface area contributed by atoms with Crippen molar-refractivity contribution in [3.8, 4) is 0 Å². The van der Waals surface area contributed by atoms with E-state index >= 15 is 0 Å². The second kappa shape index (κ2) is 6.76. The number of rotatable bonds is 5. The molecule has 2 nitrogen and oxygen atoms in total. The first-order valence-electron chi connectivity index (χ1n) is 7.92. The summed E-state index contributed by atoms with van der Waals surface area (Å²) in [5.41, 5.74) is 1.14. The Labute approximate surface area is 135 Å². The van der Waals surface area contributed by atoms with Gasteiger partial charge in [-0.25, -0.2) is 0 Å². The Morgan fingerprint density at radius 1 is 1.05 bits per heavy atom. The monoisotopic (exact) mass is 313 g/mol. The first-order valence-corrected chi connectivity index (χ1v) is 10.8. The SMILES string of the molecule is CC(C)(C)[Si](C)(C)OCCN=Cc1ccc2ccccc2c1. The maximum absolute atomic E-state index is 6.13. The molecule has 0 bridgehead atoms. The maximum Gasteiger partial charge on any atom is 0.192 e. The molecule has 0 N–H and O–H groups in total. The Kier molecular flexibility index (Phi) is 5.19. The van der Waals surface area contributed by atoms with Crippen molar-refractivity contribution in [1.82, 2.24) is 0 Å². The Balaban J connectivity index is 1.89. The van der Waals surface area contributed by atoms with E-state index in [1.807, 2.05) is 6.21 Å². The van der Waals surface area contributed by atoms with E-state index in [1.165, 1.54) is 10.8 Å². The van der Waals surface area contributed by atoms with Gasteiger partial charge in [-0.2, -0.15) is 0 Å². The minimum Gasteiger partial charge on any atom is -0.415 e. The summed E-state index contributed by atoms with van der Waals surface area (Å²) >= 11 is 0. The van der Waals surface area contributed by atoms with E-state index in [-0.39, 0.29) is 5.04 Å². The first kappa shape index (κ1) is 16.9. The van der Waals surface area contributed by atoms with Crippen molar-refractivity contribution in [3.63, 3.8) is 0 Å². The van der Waals surface area contributed by atoms with Gasteiger partial charge in [-0.3, -0.25) is 4.99 Å². The molecule has 0 aliphatic carbocycles. The first-order chi connectivity index (χ1) is 10.3. The molecule has 2 aromatic rings. The molecule has 0 aliphatic rings. The third-order valence-corrected chi connectivity index (χ3v) is 9.04. The van der Waals surface area contributed by atoms with Crippen molar-refractivity contribution < 1.29 is 4.43 Å². The number of hydrogen-bond donors (Lipinski definition) is 0. The van der Waals surface area contributed by atoms with E-state index in [1.54, 1.807) is 0 Å². The zero-order valence-electron chi connectivity index (χ0n) is 14.4. The lowest BCUT2D eigenvalue weighted by Gasteiger charge is -2.35. The fourth-order valence-corrected chi connectivity index (χ4v) is 3.06. The molecule has 0 atom stereocenters. The third kappa shape index (κ3) is 4.28. The standard InChI is InChI=1S/C19H27NOSi/c1-19(2,3)22(4,5)21-13-12-20-15-16-10-11-17-8-6-7-9-18(17)14-16/h6-11,14-15H,12-13H2,1-5H3. The maximum atomic E-state index is 6.13. The van der Waals surface area contributed by atoms with Crippen molar-refractivity contribution in [3.05, 3.63) is 48.0 Å². The van der Waals surface area contributed by atoms with Gasteiger partial charge in [0.25, 0.3) is 0 Å². The van der Waals surface area contributed by atoms with Crippen LogP contribution >= 0.6 is 0 Å². The lowest BCUT2D eigenvalue weighted by molar-refractivity contribution is 0.298. The van der Waals surface area contributed by atoms with Gasteiger partial charge in [-0.15, -0.1) is 0 Å². The lowest BCUT2D eigenvalue weighted by atomic mass is 10.1. The number of hydrogen-bond acceptors (Lipinski definition) is 2. The van der Waals surface area contributed by atoms with Gasteiger partial charge in [0, 0.05) is 6.21 Å². The molecule has 0 amide bonds. The van der Waals surface area contributed by atoms with Crippen molar-refractivity contribution in [2.45, 2.75) is 38.9 Å². The smallest absolute Gasteiger partial charge is 0.192 e. The summed E-state index contributed by atoms with van der Waals surface area (Å²) < 4.78 is 6.13. The Morgan fingerprint density at radius 2 is 1.73 bits per heavy atom. The molecule has 0 saturated heterocycles. The predicted octanol–water partition coefficient (Wildman–Crippen LogP) is 5.28. The normalized spacial score (nSPS) is 13.1. The van der Waals surface area contributed by atoms with Crippen LogP contribution < -0.4 is 0 Å². The molecule has 0 fully saturated rings. The fourth-order valence-electron chi connectivity index (χ4n) is 2.03. The van der Waals surface area contributed by atoms with Crippen LogP contribution in [-0.2, 0) is 4.43 Å². The van der Waals surface area contributed by atoms with Crippen LogP contribution in [0.4, 0.5) is 0 Å². The van der Waals surface area contributed by atoms with Crippen molar-refractivity contribution in [2.24, 2.45) is 4.99 Å². The van der Waals surface area contributed by atoms with Gasteiger partial charge in [0.05, 0.1) is 13.2 Å². The van der Waals surface area contributed by atoms with Crippen LogP contribution in [0.1, 0.15) is 26.3 Å². The van der Waals surface area contributed by atoms with Crippen molar-refractivity contribution in [1.29, 1.82) is 0 Å². The Bertz CT molecular complexity index is 656. The molecule has 0 aromatic heterocycles. The van der Waals surface area contributed by atoms with E-state index in [0.29, 0.717) is 6.61 Å². The summed E-state index contributed by atoms with van der Waals surface area (Å²) in [6.45, 7) is 12.8. The molecule has 118 valence electrons. The van der Waals surface area contributed by atoms with Gasteiger partial charge < -0.3 is 4.43 Å². The Hall–Kier alpha value is -1.45. The van der Waals surface area contributed by atoms with E-state index in [0.717, 1.165) is 12.1 Å². The van der Waals surface area contributed by atoms with Gasteiger partial charge in [-0.1, -0.05) is 57.2 Å². The molecule has 22 heavy (non-hydrogen) atoms. The summed E-state index contributed by atoms with van der Waals surface area (Å²) in [7, 11) is -1.64. The second-order valence-electron chi connectivity index (χ2n) is 7.25. The molecule has 0 radical (unpaired) electrons. The number of benzene rings is 2. The minimum atomic E-state index is -1.64. The summed E-state index contributed by atoms with van der Waals surface area (Å²) in [6.07, 6.45) is 1.95. The average Bonchev–Trinajstić information content (AvgIpc) is 2.45. The van der Waals surface area contributed by atoms with Gasteiger partial charge in [-0.05, 0) is 40.5 Å². The number of fused-ring (bicyclic) bond motifs is 1. The minimum absolute atomic E-state index is 0.259. The molecule has 0 spiro atoms.